The zero-order valence-electron chi connectivity index (χ0n) is 19.1. The molecule has 9 heteroatoms. The van der Waals surface area contributed by atoms with Crippen LogP contribution in [-0.4, -0.2) is 40.2 Å². The van der Waals surface area contributed by atoms with Crippen molar-refractivity contribution in [3.63, 3.8) is 0 Å². The third-order valence-electron chi connectivity index (χ3n) is 6.55. The number of rotatable bonds is 8. The molecule has 0 saturated heterocycles. The van der Waals surface area contributed by atoms with Crippen molar-refractivity contribution in [2.45, 2.75) is 43.7 Å². The highest BCUT2D eigenvalue weighted by atomic mass is 32.1. The van der Waals surface area contributed by atoms with Gasteiger partial charge in [-0.15, -0.1) is 11.3 Å². The number of thiazole rings is 1. The van der Waals surface area contributed by atoms with Gasteiger partial charge in [0.2, 0.25) is 5.91 Å². The topological polar surface area (TPSA) is 118 Å². The lowest BCUT2D eigenvalue weighted by Gasteiger charge is -2.20. The van der Waals surface area contributed by atoms with E-state index in [1.54, 1.807) is 6.92 Å². The van der Waals surface area contributed by atoms with Crippen molar-refractivity contribution in [2.75, 3.05) is 6.61 Å². The van der Waals surface area contributed by atoms with Crippen LogP contribution in [0.25, 0.3) is 11.1 Å². The van der Waals surface area contributed by atoms with Crippen molar-refractivity contribution in [3.8, 4) is 11.1 Å². The first-order valence-corrected chi connectivity index (χ1v) is 12.3. The molecule has 2 amide bonds. The van der Waals surface area contributed by atoms with E-state index in [1.165, 1.54) is 16.7 Å². The van der Waals surface area contributed by atoms with Crippen molar-refractivity contribution in [1.29, 1.82) is 0 Å². The Kier molecular flexibility index (Phi) is 6.02. The number of nitrogens with one attached hydrogen (secondary N) is 2. The second-order valence-electron chi connectivity index (χ2n) is 9.07. The molecule has 3 N–H and O–H groups in total. The number of aromatic carboxylic acids is 1. The number of benzene rings is 2. The summed E-state index contributed by atoms with van der Waals surface area (Å²) in [6.45, 7) is 1.97. The van der Waals surface area contributed by atoms with Gasteiger partial charge in [0.15, 0.2) is 5.69 Å². The van der Waals surface area contributed by atoms with Gasteiger partial charge in [-0.25, -0.2) is 14.6 Å². The number of hydrogen-bond acceptors (Lipinski definition) is 6. The summed E-state index contributed by atoms with van der Waals surface area (Å²) < 4.78 is 5.63. The molecule has 1 saturated carbocycles. The Morgan fingerprint density at radius 3 is 2.31 bits per heavy atom. The first-order chi connectivity index (χ1) is 16.8. The molecule has 2 aliphatic rings. The fourth-order valence-corrected chi connectivity index (χ4v) is 5.39. The molecule has 1 fully saturated rings. The molecule has 0 spiro atoms. The van der Waals surface area contributed by atoms with E-state index in [0.717, 1.165) is 22.3 Å². The number of alkyl carbamates (subject to hydrolysis) is 1. The predicted molar refractivity (Wildman–Crippen MR) is 130 cm³/mol. The molecular weight excluding hydrogens is 466 g/mol. The van der Waals surface area contributed by atoms with Gasteiger partial charge in [-0.2, -0.15) is 0 Å². The molecule has 35 heavy (non-hydrogen) atoms. The number of fused-ring (bicyclic) bond motifs is 3. The summed E-state index contributed by atoms with van der Waals surface area (Å²) in [5, 5.41) is 16.7. The number of amides is 2. The summed E-state index contributed by atoms with van der Waals surface area (Å²) in [7, 11) is 0. The number of ether oxygens (including phenoxy) is 1. The van der Waals surface area contributed by atoms with Crippen molar-refractivity contribution in [3.05, 3.63) is 75.7 Å². The van der Waals surface area contributed by atoms with E-state index >= 15 is 0 Å². The molecule has 1 heterocycles. The van der Waals surface area contributed by atoms with Crippen LogP contribution in [0.15, 0.2) is 53.9 Å². The molecule has 0 aliphatic heterocycles. The second kappa shape index (κ2) is 9.14. The van der Waals surface area contributed by atoms with E-state index in [2.05, 4.69) is 39.9 Å². The molecule has 5 rings (SSSR count). The lowest BCUT2D eigenvalue weighted by molar-refractivity contribution is -0.122. The zero-order chi connectivity index (χ0) is 24.6. The lowest BCUT2D eigenvalue weighted by atomic mass is 9.98. The van der Waals surface area contributed by atoms with Gasteiger partial charge in [0.05, 0.1) is 11.6 Å². The van der Waals surface area contributed by atoms with Crippen LogP contribution >= 0.6 is 11.3 Å². The van der Waals surface area contributed by atoms with Crippen molar-refractivity contribution >= 4 is 29.3 Å². The number of carbonyl (C=O) groups excluding carboxylic acids is 2. The van der Waals surface area contributed by atoms with E-state index in [9.17, 15) is 14.4 Å². The quantitative estimate of drug-likeness (QED) is 0.428. The van der Waals surface area contributed by atoms with E-state index in [0.29, 0.717) is 17.8 Å². The maximum atomic E-state index is 12.6. The minimum absolute atomic E-state index is 0.0264. The normalized spacial score (nSPS) is 16.0. The largest absolute Gasteiger partial charge is 0.476 e. The number of carbonyl (C=O) groups is 3. The number of carboxylic acid groups (broad SMARTS) is 1. The van der Waals surface area contributed by atoms with Crippen LogP contribution in [-0.2, 0) is 9.53 Å². The van der Waals surface area contributed by atoms with E-state index in [-0.39, 0.29) is 30.5 Å². The predicted octanol–water partition coefficient (Wildman–Crippen LogP) is 4.48. The SMILES string of the molecule is CC(NC(=O)CC1(NC(=O)OCC2c3ccccc3-c3ccccc32)CC1)c1nc(C(=O)O)cs1. The van der Waals surface area contributed by atoms with Gasteiger partial charge in [-0.05, 0) is 42.0 Å². The molecule has 2 aromatic carbocycles. The molecule has 3 aromatic rings. The Bertz CT molecular complexity index is 1250. The first-order valence-electron chi connectivity index (χ1n) is 11.5. The Labute approximate surface area is 206 Å². The lowest BCUT2D eigenvalue weighted by Crippen LogP contribution is -2.42. The van der Waals surface area contributed by atoms with Gasteiger partial charge in [0, 0.05) is 17.7 Å². The molecule has 1 unspecified atom stereocenters. The van der Waals surface area contributed by atoms with Crippen LogP contribution < -0.4 is 10.6 Å². The molecule has 180 valence electrons. The van der Waals surface area contributed by atoms with Gasteiger partial charge in [0.1, 0.15) is 11.6 Å². The smallest absolute Gasteiger partial charge is 0.407 e. The number of nitrogens with zero attached hydrogens (tertiary/aromatic N) is 1. The maximum absolute atomic E-state index is 12.6. The molecule has 2 aliphatic carbocycles. The molecule has 1 aromatic heterocycles. The van der Waals surface area contributed by atoms with Crippen LogP contribution in [0.1, 0.15) is 64.8 Å². The van der Waals surface area contributed by atoms with Gasteiger partial charge >= 0.3 is 12.1 Å². The summed E-state index contributed by atoms with van der Waals surface area (Å²) in [6, 6.07) is 15.9. The Balaban J connectivity index is 1.15. The van der Waals surface area contributed by atoms with Gasteiger partial charge < -0.3 is 20.5 Å². The Hall–Kier alpha value is -3.72. The number of aromatic nitrogens is 1. The average molecular weight is 492 g/mol. The van der Waals surface area contributed by atoms with Crippen molar-refractivity contribution in [2.24, 2.45) is 0 Å². The third kappa shape index (κ3) is 4.77. The maximum Gasteiger partial charge on any atom is 0.407 e. The van der Waals surface area contributed by atoms with Crippen LogP contribution in [0.2, 0.25) is 0 Å². The van der Waals surface area contributed by atoms with Crippen molar-refractivity contribution < 1.29 is 24.2 Å². The molecule has 1 atom stereocenters. The average Bonchev–Trinajstić information content (AvgIpc) is 3.27. The van der Waals surface area contributed by atoms with Crippen LogP contribution in [0.5, 0.6) is 0 Å². The summed E-state index contributed by atoms with van der Waals surface area (Å²) in [5.41, 5.74) is 3.96. The molecule has 8 nitrogen and oxygen atoms in total. The summed E-state index contributed by atoms with van der Waals surface area (Å²) >= 11 is 1.18. The highest BCUT2D eigenvalue weighted by Crippen LogP contribution is 2.44. The van der Waals surface area contributed by atoms with Crippen LogP contribution in [0.3, 0.4) is 0 Å². The number of hydrogen-bond donors (Lipinski definition) is 3. The van der Waals surface area contributed by atoms with E-state index in [4.69, 9.17) is 9.84 Å². The highest BCUT2D eigenvalue weighted by molar-refractivity contribution is 7.09. The van der Waals surface area contributed by atoms with Gasteiger partial charge in [0.25, 0.3) is 0 Å². The second-order valence-corrected chi connectivity index (χ2v) is 9.96. The fourth-order valence-electron chi connectivity index (χ4n) is 4.59. The first kappa shape index (κ1) is 23.0. The standard InChI is InChI=1S/C26H25N3O5S/c1-15(23-28-21(14-35-23)24(31)32)27-22(30)12-26(10-11-26)29-25(33)34-13-20-18-8-4-2-6-16(18)17-7-3-5-9-19(17)20/h2-9,14-15,20H,10-13H2,1H3,(H,27,30)(H,29,33)(H,31,32). The van der Waals surface area contributed by atoms with Gasteiger partial charge in [-0.1, -0.05) is 48.5 Å². The molecule has 0 bridgehead atoms. The summed E-state index contributed by atoms with van der Waals surface area (Å²) in [6.07, 6.45) is 0.980. The monoisotopic (exact) mass is 491 g/mol. The van der Waals surface area contributed by atoms with E-state index in [1.807, 2.05) is 24.3 Å². The summed E-state index contributed by atoms with van der Waals surface area (Å²) in [5.74, 6) is -1.36. The van der Waals surface area contributed by atoms with Gasteiger partial charge in [-0.3, -0.25) is 4.79 Å². The molecular formula is C26H25N3O5S. The van der Waals surface area contributed by atoms with Crippen molar-refractivity contribution in [1.82, 2.24) is 15.6 Å². The molecule has 0 radical (unpaired) electrons. The van der Waals surface area contributed by atoms with E-state index < -0.39 is 23.6 Å². The number of carboxylic acids is 1. The highest BCUT2D eigenvalue weighted by Gasteiger charge is 2.46. The zero-order valence-corrected chi connectivity index (χ0v) is 19.9. The minimum Gasteiger partial charge on any atom is -0.476 e. The van der Waals surface area contributed by atoms with Crippen LogP contribution in [0.4, 0.5) is 4.79 Å². The fraction of sp³-hybridized carbons (Fsp3) is 0.308. The Morgan fingerprint density at radius 1 is 1.11 bits per heavy atom. The Morgan fingerprint density at radius 2 is 1.74 bits per heavy atom. The summed E-state index contributed by atoms with van der Waals surface area (Å²) in [4.78, 5) is 40.3. The minimum atomic E-state index is -1.10. The van der Waals surface area contributed by atoms with Crippen LogP contribution in [0, 0.1) is 0 Å². The third-order valence-corrected chi connectivity index (χ3v) is 7.58.